The van der Waals surface area contributed by atoms with Crippen LogP contribution in [-0.4, -0.2) is 21.8 Å². The molecular formula is C15H11NO3S2. The first-order valence-corrected chi connectivity index (χ1v) is 8.07. The predicted octanol–water partition coefficient (Wildman–Crippen LogP) is 4.07. The van der Waals surface area contributed by atoms with Gasteiger partial charge in [-0.25, -0.2) is 4.98 Å². The topological polar surface area (TPSA) is 67.3 Å². The Morgan fingerprint density at radius 3 is 2.86 bits per heavy atom. The first-order valence-electron chi connectivity index (χ1n) is 6.31. The molecule has 4 nitrogen and oxygen atoms in total. The summed E-state index contributed by atoms with van der Waals surface area (Å²) in [7, 11) is 0. The largest absolute Gasteiger partial charge is 0.481 e. The first kappa shape index (κ1) is 13.9. The smallest absolute Gasteiger partial charge is 0.303 e. The Hall–Kier alpha value is -2.05. The minimum Gasteiger partial charge on any atom is -0.481 e. The zero-order valence-corrected chi connectivity index (χ0v) is 12.5. The molecule has 3 aromatic heterocycles. The van der Waals surface area contributed by atoms with Crippen LogP contribution in [0.1, 0.15) is 22.5 Å². The molecule has 106 valence electrons. The van der Waals surface area contributed by atoms with E-state index in [1.165, 1.54) is 11.3 Å². The number of ketones is 1. The lowest BCUT2D eigenvalue weighted by atomic mass is 10.1. The second-order valence-corrected chi connectivity index (χ2v) is 6.32. The molecule has 3 aromatic rings. The number of aliphatic carboxylic acids is 1. The number of hydrogen-bond acceptors (Lipinski definition) is 5. The van der Waals surface area contributed by atoms with Crippen LogP contribution in [0, 0.1) is 0 Å². The summed E-state index contributed by atoms with van der Waals surface area (Å²) in [5.74, 6) is -1.07. The van der Waals surface area contributed by atoms with Gasteiger partial charge in [-0.1, -0.05) is 0 Å². The van der Waals surface area contributed by atoms with Crippen molar-refractivity contribution in [2.75, 3.05) is 0 Å². The molecule has 3 rings (SSSR count). The molecule has 0 spiro atoms. The highest BCUT2D eigenvalue weighted by Gasteiger charge is 2.13. The number of thiophene rings is 2. The third-order valence-electron chi connectivity index (χ3n) is 3.12. The third kappa shape index (κ3) is 2.86. The van der Waals surface area contributed by atoms with Crippen molar-refractivity contribution < 1.29 is 14.7 Å². The van der Waals surface area contributed by atoms with E-state index in [0.29, 0.717) is 4.88 Å². The molecule has 0 bridgehead atoms. The Morgan fingerprint density at radius 1 is 1.19 bits per heavy atom. The summed E-state index contributed by atoms with van der Waals surface area (Å²) >= 11 is 2.94. The number of Topliss-reactive ketones (excluding diaryl/α,β-unsaturated/α-hetero) is 1. The Bertz CT molecular complexity index is 819. The number of aromatic nitrogens is 1. The van der Waals surface area contributed by atoms with Gasteiger partial charge in [0.15, 0.2) is 5.78 Å². The number of nitrogens with zero attached hydrogens (tertiary/aromatic N) is 1. The molecular weight excluding hydrogens is 306 g/mol. The van der Waals surface area contributed by atoms with Crippen molar-refractivity contribution in [3.8, 4) is 11.1 Å². The average Bonchev–Trinajstić information content (AvgIpc) is 3.12. The summed E-state index contributed by atoms with van der Waals surface area (Å²) in [4.78, 5) is 28.3. The Morgan fingerprint density at radius 2 is 2.05 bits per heavy atom. The molecule has 0 atom stereocenters. The van der Waals surface area contributed by atoms with Gasteiger partial charge in [-0.2, -0.15) is 0 Å². The van der Waals surface area contributed by atoms with Crippen molar-refractivity contribution in [2.24, 2.45) is 0 Å². The zero-order valence-electron chi connectivity index (χ0n) is 10.9. The number of rotatable bonds is 5. The van der Waals surface area contributed by atoms with Crippen LogP contribution in [0.4, 0.5) is 0 Å². The number of carbonyl (C=O) groups is 2. The van der Waals surface area contributed by atoms with Gasteiger partial charge in [0, 0.05) is 18.0 Å². The fourth-order valence-electron chi connectivity index (χ4n) is 2.09. The number of hydrogen-bond donors (Lipinski definition) is 1. The highest BCUT2D eigenvalue weighted by atomic mass is 32.1. The van der Waals surface area contributed by atoms with Gasteiger partial charge >= 0.3 is 5.97 Å². The molecule has 0 unspecified atom stereocenters. The van der Waals surface area contributed by atoms with Gasteiger partial charge in [-0.3, -0.25) is 9.59 Å². The lowest BCUT2D eigenvalue weighted by molar-refractivity contribution is -0.136. The molecule has 1 N–H and O–H groups in total. The maximum atomic E-state index is 11.9. The summed E-state index contributed by atoms with van der Waals surface area (Å²) in [6, 6.07) is 5.79. The van der Waals surface area contributed by atoms with E-state index in [-0.39, 0.29) is 18.6 Å². The summed E-state index contributed by atoms with van der Waals surface area (Å²) < 4.78 is 0. The normalized spacial score (nSPS) is 10.9. The molecule has 0 aromatic carbocycles. The molecule has 0 aliphatic rings. The van der Waals surface area contributed by atoms with Gasteiger partial charge in [-0.05, 0) is 40.1 Å². The number of carboxylic acids is 1. The van der Waals surface area contributed by atoms with Crippen LogP contribution in [0.3, 0.4) is 0 Å². The van der Waals surface area contributed by atoms with Crippen molar-refractivity contribution in [1.82, 2.24) is 4.98 Å². The summed E-state index contributed by atoms with van der Waals surface area (Å²) in [6.07, 6.45) is 1.67. The predicted molar refractivity (Wildman–Crippen MR) is 84.1 cm³/mol. The Balaban J connectivity index is 1.89. The van der Waals surface area contributed by atoms with E-state index in [1.54, 1.807) is 17.5 Å². The minimum atomic E-state index is -0.950. The molecule has 0 radical (unpaired) electrons. The van der Waals surface area contributed by atoms with Gasteiger partial charge in [0.25, 0.3) is 0 Å². The lowest BCUT2D eigenvalue weighted by Crippen LogP contribution is -2.01. The van der Waals surface area contributed by atoms with E-state index in [0.717, 1.165) is 21.3 Å². The van der Waals surface area contributed by atoms with E-state index in [2.05, 4.69) is 4.98 Å². The molecule has 0 amide bonds. The fourth-order valence-corrected chi connectivity index (χ4v) is 3.73. The Kier molecular flexibility index (Phi) is 3.81. The molecule has 0 saturated heterocycles. The van der Waals surface area contributed by atoms with Crippen molar-refractivity contribution in [3.05, 3.63) is 40.0 Å². The molecule has 0 aliphatic heterocycles. The summed E-state index contributed by atoms with van der Waals surface area (Å²) in [6.45, 7) is 0. The standard InChI is InChI=1S/C15H11NO3S2/c17-12(1-2-14(18)19)13-7-9(8-21-13)10-3-5-16-15-11(10)4-6-20-15/h3-8H,1-2H2,(H,18,19). The highest BCUT2D eigenvalue weighted by molar-refractivity contribution is 7.16. The van der Waals surface area contributed by atoms with E-state index >= 15 is 0 Å². The molecule has 0 fully saturated rings. The van der Waals surface area contributed by atoms with Gasteiger partial charge in [0.1, 0.15) is 4.83 Å². The van der Waals surface area contributed by atoms with E-state index in [4.69, 9.17) is 5.11 Å². The monoisotopic (exact) mass is 317 g/mol. The zero-order chi connectivity index (χ0) is 14.8. The van der Waals surface area contributed by atoms with Gasteiger partial charge < -0.3 is 5.11 Å². The van der Waals surface area contributed by atoms with Crippen LogP contribution in [0.15, 0.2) is 35.2 Å². The number of carbonyl (C=O) groups excluding carboxylic acids is 1. The van der Waals surface area contributed by atoms with Gasteiger partial charge in [-0.15, -0.1) is 22.7 Å². The van der Waals surface area contributed by atoms with Crippen LogP contribution in [-0.2, 0) is 4.79 Å². The Labute approximate surface area is 128 Å². The van der Waals surface area contributed by atoms with Crippen molar-refractivity contribution in [2.45, 2.75) is 12.8 Å². The van der Waals surface area contributed by atoms with E-state index < -0.39 is 5.97 Å². The minimum absolute atomic E-state index is 0.0412. The van der Waals surface area contributed by atoms with Crippen molar-refractivity contribution in [3.63, 3.8) is 0 Å². The van der Waals surface area contributed by atoms with Gasteiger partial charge in [0.2, 0.25) is 0 Å². The maximum Gasteiger partial charge on any atom is 0.303 e. The van der Waals surface area contributed by atoms with Crippen LogP contribution in [0.2, 0.25) is 0 Å². The SMILES string of the molecule is O=C(O)CCC(=O)c1cc(-c2ccnc3sccc23)cs1. The second kappa shape index (κ2) is 5.75. The average molecular weight is 317 g/mol. The third-order valence-corrected chi connectivity index (χ3v) is 4.91. The van der Waals surface area contributed by atoms with Gasteiger partial charge in [0.05, 0.1) is 11.3 Å². The second-order valence-electron chi connectivity index (χ2n) is 4.51. The number of pyridine rings is 1. The fraction of sp³-hybridized carbons (Fsp3) is 0.133. The molecule has 3 heterocycles. The first-order chi connectivity index (χ1) is 10.1. The van der Waals surface area contributed by atoms with Crippen LogP contribution in [0.5, 0.6) is 0 Å². The van der Waals surface area contributed by atoms with E-state index in [9.17, 15) is 9.59 Å². The molecule has 0 saturated carbocycles. The molecule has 21 heavy (non-hydrogen) atoms. The van der Waals surface area contributed by atoms with Crippen LogP contribution < -0.4 is 0 Å². The number of carboxylic acid groups (broad SMARTS) is 1. The van der Waals surface area contributed by atoms with Crippen LogP contribution in [0.25, 0.3) is 21.3 Å². The van der Waals surface area contributed by atoms with Crippen molar-refractivity contribution >= 4 is 44.6 Å². The molecule has 0 aliphatic carbocycles. The maximum absolute atomic E-state index is 11.9. The van der Waals surface area contributed by atoms with E-state index in [1.807, 2.05) is 29.0 Å². The summed E-state index contributed by atoms with van der Waals surface area (Å²) in [5, 5.41) is 13.6. The quantitative estimate of drug-likeness (QED) is 0.720. The number of fused-ring (bicyclic) bond motifs is 1. The highest BCUT2D eigenvalue weighted by Crippen LogP contribution is 2.33. The lowest BCUT2D eigenvalue weighted by Gasteiger charge is -1.99. The van der Waals surface area contributed by atoms with Crippen LogP contribution >= 0.6 is 22.7 Å². The molecule has 6 heteroatoms. The van der Waals surface area contributed by atoms with Crippen molar-refractivity contribution in [1.29, 1.82) is 0 Å². The summed E-state index contributed by atoms with van der Waals surface area (Å²) in [5.41, 5.74) is 2.03.